The molecule has 3 heterocycles. The van der Waals surface area contributed by atoms with Crippen LogP contribution in [0.2, 0.25) is 0 Å². The Hall–Kier alpha value is -2.01. The molecule has 2 atom stereocenters. The lowest BCUT2D eigenvalue weighted by atomic mass is 10.1. The monoisotopic (exact) mass is 400 g/mol. The molecule has 1 amide bonds. The Labute approximate surface area is 157 Å². The lowest BCUT2D eigenvalue weighted by Gasteiger charge is -2.30. The number of nitrogens with zero attached hydrogens (tertiary/aromatic N) is 4. The van der Waals surface area contributed by atoms with Gasteiger partial charge in [-0.15, -0.1) is 0 Å². The molecule has 0 radical (unpaired) electrons. The van der Waals surface area contributed by atoms with Gasteiger partial charge in [0.1, 0.15) is 17.9 Å². The van der Waals surface area contributed by atoms with Crippen molar-refractivity contribution in [3.8, 4) is 0 Å². The molecule has 150 valence electrons. The van der Waals surface area contributed by atoms with E-state index in [1.165, 1.54) is 11.6 Å². The molecule has 0 spiro atoms. The van der Waals surface area contributed by atoms with Crippen LogP contribution < -0.4 is 0 Å². The highest BCUT2D eigenvalue weighted by molar-refractivity contribution is 7.91. The van der Waals surface area contributed by atoms with Gasteiger partial charge < -0.3 is 9.64 Å². The van der Waals surface area contributed by atoms with E-state index in [4.69, 9.17) is 4.74 Å². The van der Waals surface area contributed by atoms with E-state index < -0.39 is 20.8 Å². The van der Waals surface area contributed by atoms with Crippen LogP contribution in [-0.4, -0.2) is 70.7 Å². The first-order valence-electron chi connectivity index (χ1n) is 8.98. The highest BCUT2D eigenvalue weighted by Gasteiger charge is 2.37. The minimum atomic E-state index is -3.15. The third-order valence-electron chi connectivity index (χ3n) is 5.20. The van der Waals surface area contributed by atoms with Crippen molar-refractivity contribution in [2.75, 3.05) is 24.7 Å². The number of aromatic nitrogens is 2. The molecule has 0 saturated carbocycles. The highest BCUT2D eigenvalue weighted by Crippen LogP contribution is 2.24. The predicted octanol–water partition coefficient (Wildman–Crippen LogP) is 0.603. The van der Waals surface area contributed by atoms with E-state index in [0.29, 0.717) is 25.3 Å². The van der Waals surface area contributed by atoms with Crippen molar-refractivity contribution in [1.29, 1.82) is 0 Å². The molecule has 1 aromatic rings. The van der Waals surface area contributed by atoms with Gasteiger partial charge >= 0.3 is 5.69 Å². The number of hydrogen-bond donors (Lipinski definition) is 0. The Morgan fingerprint density at radius 1 is 1.41 bits per heavy atom. The van der Waals surface area contributed by atoms with Gasteiger partial charge in [-0.2, -0.15) is 5.10 Å². The van der Waals surface area contributed by atoms with Crippen molar-refractivity contribution < 1.29 is 22.9 Å². The first-order chi connectivity index (χ1) is 12.7. The van der Waals surface area contributed by atoms with Gasteiger partial charge in [-0.05, 0) is 33.1 Å². The molecule has 2 aliphatic heterocycles. The topological polar surface area (TPSA) is 125 Å². The van der Waals surface area contributed by atoms with E-state index in [1.807, 2.05) is 0 Å². The Kier molecular flexibility index (Phi) is 5.52. The number of carbonyl (C=O) groups excluding carboxylic acids is 1. The molecule has 2 aliphatic rings. The van der Waals surface area contributed by atoms with Crippen LogP contribution in [-0.2, 0) is 25.9 Å². The zero-order valence-electron chi connectivity index (χ0n) is 15.5. The number of ether oxygens (including phenoxy) is 1. The standard InChI is InChI=1S/C16H24N4O6S/c1-11-16(20(22)23)12(2)19(17-11)9-15(21)18(8-14-4-3-6-26-14)13-5-7-27(24,25)10-13/h13-14H,3-10H2,1-2H3. The molecule has 0 aliphatic carbocycles. The summed E-state index contributed by atoms with van der Waals surface area (Å²) in [4.78, 5) is 25.2. The Morgan fingerprint density at radius 3 is 2.67 bits per heavy atom. The molecule has 27 heavy (non-hydrogen) atoms. The first kappa shape index (κ1) is 19.7. The van der Waals surface area contributed by atoms with Gasteiger partial charge in [0, 0.05) is 19.2 Å². The van der Waals surface area contributed by atoms with Crippen LogP contribution in [0.25, 0.3) is 0 Å². The average Bonchev–Trinajstić information content (AvgIpc) is 3.26. The Balaban J connectivity index is 1.80. The maximum Gasteiger partial charge on any atom is 0.312 e. The molecule has 2 fully saturated rings. The van der Waals surface area contributed by atoms with Crippen LogP contribution >= 0.6 is 0 Å². The third-order valence-corrected chi connectivity index (χ3v) is 6.96. The summed E-state index contributed by atoms with van der Waals surface area (Å²) >= 11 is 0. The van der Waals surface area contributed by atoms with Crippen molar-refractivity contribution in [2.24, 2.45) is 0 Å². The fourth-order valence-electron chi connectivity index (χ4n) is 3.81. The lowest BCUT2D eigenvalue weighted by Crippen LogP contribution is -2.46. The van der Waals surface area contributed by atoms with Crippen molar-refractivity contribution in [3.05, 3.63) is 21.5 Å². The molecule has 0 aromatic carbocycles. The number of aryl methyl sites for hydroxylation is 1. The largest absolute Gasteiger partial charge is 0.376 e. The lowest BCUT2D eigenvalue weighted by molar-refractivity contribution is -0.386. The molecular weight excluding hydrogens is 376 g/mol. The summed E-state index contributed by atoms with van der Waals surface area (Å²) in [6.45, 7) is 3.89. The molecule has 2 saturated heterocycles. The van der Waals surface area contributed by atoms with Gasteiger partial charge in [0.15, 0.2) is 9.84 Å². The summed E-state index contributed by atoms with van der Waals surface area (Å²) in [6, 6.07) is -0.390. The average molecular weight is 400 g/mol. The molecule has 11 heteroatoms. The predicted molar refractivity (Wildman–Crippen MR) is 96.1 cm³/mol. The fraction of sp³-hybridized carbons (Fsp3) is 0.750. The van der Waals surface area contributed by atoms with Crippen molar-refractivity contribution in [2.45, 2.75) is 51.8 Å². The normalized spacial score (nSPS) is 24.2. The van der Waals surface area contributed by atoms with E-state index in [2.05, 4.69) is 5.10 Å². The van der Waals surface area contributed by atoms with E-state index in [9.17, 15) is 23.3 Å². The van der Waals surface area contributed by atoms with Gasteiger partial charge in [0.25, 0.3) is 0 Å². The Bertz CT molecular complexity index is 843. The van der Waals surface area contributed by atoms with Gasteiger partial charge in [-0.3, -0.25) is 19.6 Å². The van der Waals surface area contributed by atoms with E-state index >= 15 is 0 Å². The van der Waals surface area contributed by atoms with E-state index in [1.54, 1.807) is 11.8 Å². The first-order valence-corrected chi connectivity index (χ1v) is 10.8. The zero-order chi connectivity index (χ0) is 19.8. The third kappa shape index (κ3) is 4.29. The maximum absolute atomic E-state index is 13.0. The minimum Gasteiger partial charge on any atom is -0.376 e. The summed E-state index contributed by atoms with van der Waals surface area (Å²) in [5.74, 6) is -0.283. The van der Waals surface area contributed by atoms with Crippen molar-refractivity contribution in [1.82, 2.24) is 14.7 Å². The van der Waals surface area contributed by atoms with Gasteiger partial charge in [-0.1, -0.05) is 0 Å². The fourth-order valence-corrected chi connectivity index (χ4v) is 5.54. The van der Waals surface area contributed by atoms with Crippen LogP contribution in [0.15, 0.2) is 0 Å². The zero-order valence-corrected chi connectivity index (χ0v) is 16.3. The summed E-state index contributed by atoms with van der Waals surface area (Å²) in [6.07, 6.45) is 2.04. The highest BCUT2D eigenvalue weighted by atomic mass is 32.2. The second-order valence-corrected chi connectivity index (χ2v) is 9.40. The van der Waals surface area contributed by atoms with Crippen LogP contribution in [0.5, 0.6) is 0 Å². The van der Waals surface area contributed by atoms with Crippen molar-refractivity contribution in [3.63, 3.8) is 0 Å². The number of rotatable bonds is 6. The van der Waals surface area contributed by atoms with E-state index in [0.717, 1.165) is 12.8 Å². The number of amides is 1. The quantitative estimate of drug-likeness (QED) is 0.506. The summed E-state index contributed by atoms with van der Waals surface area (Å²) < 4.78 is 30.7. The number of sulfone groups is 1. The summed E-state index contributed by atoms with van der Waals surface area (Å²) in [7, 11) is -3.15. The van der Waals surface area contributed by atoms with Gasteiger partial charge in [0.05, 0.1) is 22.5 Å². The van der Waals surface area contributed by atoms with Crippen LogP contribution in [0.4, 0.5) is 5.69 Å². The second-order valence-electron chi connectivity index (χ2n) is 7.17. The molecule has 3 rings (SSSR count). The maximum atomic E-state index is 13.0. The molecule has 1 aromatic heterocycles. The molecule has 0 N–H and O–H groups in total. The summed E-state index contributed by atoms with van der Waals surface area (Å²) in [5, 5.41) is 15.3. The van der Waals surface area contributed by atoms with Gasteiger partial charge in [0.2, 0.25) is 5.91 Å². The summed E-state index contributed by atoms with van der Waals surface area (Å²) in [5.41, 5.74) is 0.457. The smallest absolute Gasteiger partial charge is 0.312 e. The molecule has 0 bridgehead atoms. The van der Waals surface area contributed by atoms with Crippen LogP contribution in [0.1, 0.15) is 30.7 Å². The second kappa shape index (κ2) is 7.55. The number of carbonyl (C=O) groups is 1. The molecule has 10 nitrogen and oxygen atoms in total. The SMILES string of the molecule is Cc1nn(CC(=O)N(CC2CCCO2)C2CCS(=O)(=O)C2)c(C)c1[N+](=O)[O-]. The Morgan fingerprint density at radius 2 is 2.15 bits per heavy atom. The van der Waals surface area contributed by atoms with Gasteiger partial charge in [-0.25, -0.2) is 8.42 Å². The van der Waals surface area contributed by atoms with Crippen LogP contribution in [0.3, 0.4) is 0 Å². The van der Waals surface area contributed by atoms with Crippen molar-refractivity contribution >= 4 is 21.4 Å². The van der Waals surface area contributed by atoms with Crippen LogP contribution in [0, 0.1) is 24.0 Å². The van der Waals surface area contributed by atoms with E-state index in [-0.39, 0.29) is 41.4 Å². The molecule has 2 unspecified atom stereocenters. The molecular formula is C16H24N4O6S. The minimum absolute atomic E-state index is 0.0529. The number of nitro groups is 1. The number of hydrogen-bond acceptors (Lipinski definition) is 7.